The zero-order valence-corrected chi connectivity index (χ0v) is 11.5. The second-order valence-electron chi connectivity index (χ2n) is 4.60. The Hall–Kier alpha value is -0.280. The molecule has 0 unspecified atom stereocenters. The zero-order valence-electron chi connectivity index (χ0n) is 10.8. The number of alkyl halides is 1. The molecule has 100 valence electrons. The van der Waals surface area contributed by atoms with Crippen molar-refractivity contribution in [3.05, 3.63) is 0 Å². The summed E-state index contributed by atoms with van der Waals surface area (Å²) >= 11 is 5.58. The molecule has 0 radical (unpaired) electrons. The summed E-state index contributed by atoms with van der Waals surface area (Å²) in [5.74, 6) is 0.866. The normalized spacial score (nSPS) is 17.4. The third kappa shape index (κ3) is 5.73. The summed E-state index contributed by atoms with van der Waals surface area (Å²) in [4.78, 5) is 13.8. The fourth-order valence-corrected chi connectivity index (χ4v) is 2.26. The van der Waals surface area contributed by atoms with Crippen molar-refractivity contribution < 1.29 is 9.53 Å². The molecule has 4 heteroatoms. The van der Waals surface area contributed by atoms with Crippen LogP contribution in [0.15, 0.2) is 0 Å². The van der Waals surface area contributed by atoms with Crippen LogP contribution in [0.3, 0.4) is 0 Å². The van der Waals surface area contributed by atoms with E-state index in [9.17, 15) is 4.79 Å². The van der Waals surface area contributed by atoms with Gasteiger partial charge in [-0.05, 0) is 19.3 Å². The highest BCUT2D eigenvalue weighted by atomic mass is 35.5. The van der Waals surface area contributed by atoms with Crippen molar-refractivity contribution in [2.24, 2.45) is 0 Å². The summed E-state index contributed by atoms with van der Waals surface area (Å²) in [6, 6.07) is 0. The summed E-state index contributed by atoms with van der Waals surface area (Å²) < 4.78 is 5.59. The molecule has 0 saturated carbocycles. The maximum Gasteiger partial charge on any atom is 0.222 e. The Balaban J connectivity index is 2.15. The van der Waals surface area contributed by atoms with Crippen LogP contribution in [0.2, 0.25) is 0 Å². The first-order chi connectivity index (χ1) is 8.27. The molecule has 1 fully saturated rings. The molecule has 17 heavy (non-hydrogen) atoms. The van der Waals surface area contributed by atoms with E-state index in [-0.39, 0.29) is 0 Å². The van der Waals surface area contributed by atoms with E-state index in [2.05, 4.69) is 6.92 Å². The van der Waals surface area contributed by atoms with E-state index in [4.69, 9.17) is 16.3 Å². The molecule has 0 aromatic carbocycles. The molecule has 0 N–H and O–H groups in total. The first-order valence-corrected chi connectivity index (χ1v) is 7.26. The highest BCUT2D eigenvalue weighted by Gasteiger charge is 2.22. The van der Waals surface area contributed by atoms with Crippen LogP contribution < -0.4 is 0 Å². The van der Waals surface area contributed by atoms with Gasteiger partial charge in [0.1, 0.15) is 0 Å². The van der Waals surface area contributed by atoms with Gasteiger partial charge in [0.2, 0.25) is 5.91 Å². The summed E-state index contributed by atoms with van der Waals surface area (Å²) in [6.07, 6.45) is 6.27. The van der Waals surface area contributed by atoms with E-state index in [0.717, 1.165) is 38.8 Å². The molecule has 1 heterocycles. The highest BCUT2D eigenvalue weighted by molar-refractivity contribution is 6.17. The van der Waals surface area contributed by atoms with Gasteiger partial charge in [-0.1, -0.05) is 19.8 Å². The summed E-state index contributed by atoms with van der Waals surface area (Å²) in [5.41, 5.74) is 0. The molecule has 3 nitrogen and oxygen atoms in total. The molecule has 0 bridgehead atoms. The smallest absolute Gasteiger partial charge is 0.222 e. The number of hydrogen-bond acceptors (Lipinski definition) is 2. The lowest BCUT2D eigenvalue weighted by Gasteiger charge is -2.32. The van der Waals surface area contributed by atoms with Crippen LogP contribution in [0.5, 0.6) is 0 Å². The number of piperidine rings is 1. The maximum atomic E-state index is 11.9. The highest BCUT2D eigenvalue weighted by Crippen LogP contribution is 2.15. The predicted molar refractivity (Wildman–Crippen MR) is 70.4 cm³/mol. The number of ether oxygens (including phenoxy) is 1. The van der Waals surface area contributed by atoms with Gasteiger partial charge in [0.25, 0.3) is 0 Å². The summed E-state index contributed by atoms with van der Waals surface area (Å²) in [5, 5.41) is 0. The van der Waals surface area contributed by atoms with Gasteiger partial charge in [-0.15, -0.1) is 11.6 Å². The second kappa shape index (κ2) is 8.76. The third-order valence-electron chi connectivity index (χ3n) is 3.22. The number of nitrogens with zero attached hydrogens (tertiary/aromatic N) is 1. The van der Waals surface area contributed by atoms with Gasteiger partial charge in [0, 0.05) is 25.4 Å². The monoisotopic (exact) mass is 261 g/mol. The molecule has 1 rings (SSSR count). The molecule has 1 saturated heterocycles. The molecule has 0 spiro atoms. The lowest BCUT2D eigenvalue weighted by Crippen LogP contribution is -2.40. The molecule has 1 aliphatic rings. The standard InChI is InChI=1S/C13H24ClNO2/c1-2-3-4-5-13(16)15-9-6-12(7-10-15)17-11-8-14/h12H,2-11H2,1H3. The van der Waals surface area contributed by atoms with Crippen molar-refractivity contribution in [1.82, 2.24) is 4.90 Å². The van der Waals surface area contributed by atoms with E-state index in [0.29, 0.717) is 30.9 Å². The molecular formula is C13H24ClNO2. The van der Waals surface area contributed by atoms with Gasteiger partial charge in [-0.2, -0.15) is 0 Å². The van der Waals surface area contributed by atoms with E-state index < -0.39 is 0 Å². The fraction of sp³-hybridized carbons (Fsp3) is 0.923. The number of carbonyl (C=O) groups excluding carboxylic acids is 1. The van der Waals surface area contributed by atoms with Crippen molar-refractivity contribution >= 4 is 17.5 Å². The van der Waals surface area contributed by atoms with Crippen LogP contribution in [0.25, 0.3) is 0 Å². The van der Waals surface area contributed by atoms with Crippen molar-refractivity contribution in [1.29, 1.82) is 0 Å². The second-order valence-corrected chi connectivity index (χ2v) is 4.97. The first-order valence-electron chi connectivity index (χ1n) is 6.73. The van der Waals surface area contributed by atoms with E-state index in [1.165, 1.54) is 6.42 Å². The quantitative estimate of drug-likeness (QED) is 0.521. The van der Waals surface area contributed by atoms with Gasteiger partial charge in [-0.3, -0.25) is 4.79 Å². The Labute approximate surface area is 109 Å². The van der Waals surface area contributed by atoms with Gasteiger partial charge in [-0.25, -0.2) is 0 Å². The Morgan fingerprint density at radius 3 is 2.65 bits per heavy atom. The van der Waals surface area contributed by atoms with Gasteiger partial charge in [0.05, 0.1) is 12.7 Å². The van der Waals surface area contributed by atoms with Gasteiger partial charge < -0.3 is 9.64 Å². The molecule has 0 aromatic heterocycles. The average Bonchev–Trinajstić information content (AvgIpc) is 2.37. The topological polar surface area (TPSA) is 29.5 Å². The van der Waals surface area contributed by atoms with Crippen molar-refractivity contribution in [3.63, 3.8) is 0 Å². The summed E-state index contributed by atoms with van der Waals surface area (Å²) in [7, 11) is 0. The number of rotatable bonds is 7. The lowest BCUT2D eigenvalue weighted by atomic mass is 10.1. The number of amides is 1. The number of likely N-dealkylation sites (tertiary alicyclic amines) is 1. The van der Waals surface area contributed by atoms with Crippen LogP contribution in [-0.4, -0.2) is 42.5 Å². The van der Waals surface area contributed by atoms with Crippen molar-refractivity contribution in [2.75, 3.05) is 25.6 Å². The Morgan fingerprint density at radius 2 is 2.06 bits per heavy atom. The van der Waals surface area contributed by atoms with E-state index >= 15 is 0 Å². The minimum atomic E-state index is 0.299. The van der Waals surface area contributed by atoms with E-state index in [1.54, 1.807) is 0 Å². The van der Waals surface area contributed by atoms with Crippen LogP contribution in [0, 0.1) is 0 Å². The number of carbonyl (C=O) groups is 1. The third-order valence-corrected chi connectivity index (χ3v) is 3.37. The zero-order chi connectivity index (χ0) is 12.5. The number of unbranched alkanes of at least 4 members (excludes halogenated alkanes) is 2. The largest absolute Gasteiger partial charge is 0.377 e. The van der Waals surface area contributed by atoms with Gasteiger partial charge in [0.15, 0.2) is 0 Å². The van der Waals surface area contributed by atoms with Crippen LogP contribution in [-0.2, 0) is 9.53 Å². The van der Waals surface area contributed by atoms with Crippen LogP contribution in [0.4, 0.5) is 0 Å². The number of halogens is 1. The van der Waals surface area contributed by atoms with Crippen LogP contribution >= 0.6 is 11.6 Å². The average molecular weight is 262 g/mol. The minimum Gasteiger partial charge on any atom is -0.377 e. The Kier molecular flexibility index (Phi) is 7.62. The molecule has 0 aliphatic carbocycles. The summed E-state index contributed by atoms with van der Waals surface area (Å²) in [6.45, 7) is 4.47. The minimum absolute atomic E-state index is 0.299. The Bertz CT molecular complexity index is 215. The molecule has 0 aromatic rings. The van der Waals surface area contributed by atoms with Crippen molar-refractivity contribution in [3.8, 4) is 0 Å². The molecular weight excluding hydrogens is 238 g/mol. The molecule has 1 aliphatic heterocycles. The lowest BCUT2D eigenvalue weighted by molar-refractivity contribution is -0.133. The van der Waals surface area contributed by atoms with E-state index in [1.807, 2.05) is 4.90 Å². The maximum absolute atomic E-state index is 11.9. The Morgan fingerprint density at radius 1 is 1.35 bits per heavy atom. The predicted octanol–water partition coefficient (Wildman–Crippen LogP) is 2.81. The molecule has 0 atom stereocenters. The van der Waals surface area contributed by atoms with Crippen molar-refractivity contribution in [2.45, 2.75) is 51.6 Å². The number of hydrogen-bond donors (Lipinski definition) is 0. The van der Waals surface area contributed by atoms with Crippen LogP contribution in [0.1, 0.15) is 45.4 Å². The first kappa shape index (κ1) is 14.8. The fourth-order valence-electron chi connectivity index (χ4n) is 2.17. The molecule has 1 amide bonds. The SMILES string of the molecule is CCCCCC(=O)N1CCC(OCCCl)CC1. The van der Waals surface area contributed by atoms with Gasteiger partial charge >= 0.3 is 0 Å².